The summed E-state index contributed by atoms with van der Waals surface area (Å²) in [6.45, 7) is 2.43. The molecule has 0 saturated carbocycles. The largest absolute Gasteiger partial charge is 0.287 e. The molecular formula is C19H15BrN4O2S. The van der Waals surface area contributed by atoms with Crippen molar-refractivity contribution in [3.8, 4) is 0 Å². The molecule has 0 bridgehead atoms. The summed E-state index contributed by atoms with van der Waals surface area (Å²) < 4.78 is 3.99. The zero-order valence-electron chi connectivity index (χ0n) is 14.4. The van der Waals surface area contributed by atoms with E-state index in [1.54, 1.807) is 29.0 Å². The zero-order valence-corrected chi connectivity index (χ0v) is 16.8. The second-order valence-corrected chi connectivity index (χ2v) is 7.77. The Bertz CT molecular complexity index is 1280. The van der Waals surface area contributed by atoms with E-state index in [1.807, 2.05) is 25.1 Å². The summed E-state index contributed by atoms with van der Waals surface area (Å²) in [6, 6.07) is 12.4. The van der Waals surface area contributed by atoms with Gasteiger partial charge in [-0.25, -0.2) is 9.97 Å². The van der Waals surface area contributed by atoms with E-state index in [-0.39, 0.29) is 11.1 Å². The number of rotatable bonds is 4. The summed E-state index contributed by atoms with van der Waals surface area (Å²) >= 11 is 4.80. The number of hydrogen-bond acceptors (Lipinski definition) is 5. The third-order valence-corrected chi connectivity index (χ3v) is 5.67. The number of halogens is 1. The van der Waals surface area contributed by atoms with Crippen LogP contribution in [0.15, 0.2) is 67.9 Å². The molecule has 0 radical (unpaired) electrons. The van der Waals surface area contributed by atoms with E-state index >= 15 is 0 Å². The van der Waals surface area contributed by atoms with Crippen LogP contribution in [-0.2, 0) is 12.3 Å². The molecule has 3 heterocycles. The third-order valence-electron chi connectivity index (χ3n) is 4.17. The van der Waals surface area contributed by atoms with Gasteiger partial charge in [0.2, 0.25) is 0 Å². The van der Waals surface area contributed by atoms with Crippen LogP contribution in [0, 0.1) is 0 Å². The molecule has 0 N–H and O–H groups in total. The van der Waals surface area contributed by atoms with Crippen molar-refractivity contribution in [2.24, 2.45) is 0 Å². The van der Waals surface area contributed by atoms with Crippen molar-refractivity contribution in [2.75, 3.05) is 0 Å². The molecular weight excluding hydrogens is 428 g/mol. The molecule has 0 fully saturated rings. The first-order valence-corrected chi connectivity index (χ1v) is 10.1. The molecule has 3 aromatic heterocycles. The first-order chi connectivity index (χ1) is 13.1. The minimum atomic E-state index is -0.125. The first-order valence-electron chi connectivity index (χ1n) is 8.37. The van der Waals surface area contributed by atoms with Gasteiger partial charge < -0.3 is 0 Å². The Morgan fingerprint density at radius 2 is 1.96 bits per heavy atom. The van der Waals surface area contributed by atoms with Crippen molar-refractivity contribution in [3.05, 3.63) is 79.5 Å². The van der Waals surface area contributed by atoms with E-state index in [0.717, 1.165) is 4.47 Å². The number of fused-ring (bicyclic) bond motifs is 2. The summed E-state index contributed by atoms with van der Waals surface area (Å²) in [7, 11) is 0. The van der Waals surface area contributed by atoms with Crippen LogP contribution in [0.1, 0.15) is 12.6 Å². The number of aromatic nitrogens is 4. The van der Waals surface area contributed by atoms with E-state index in [1.165, 1.54) is 22.2 Å². The molecule has 8 heteroatoms. The lowest BCUT2D eigenvalue weighted by Gasteiger charge is -2.11. The standard InChI is InChI=1S/C19H15BrN4O2S/c1-2-23-18(26)14-9-12(20)6-7-15(14)22-19(23)27-11-13-10-17(25)24-8-4-3-5-16(24)21-13/h3-10H,2,11H2,1H3. The van der Waals surface area contributed by atoms with Gasteiger partial charge in [0, 0.05) is 29.0 Å². The average molecular weight is 443 g/mol. The number of hydrogen-bond donors (Lipinski definition) is 0. The fraction of sp³-hybridized carbons (Fsp3) is 0.158. The zero-order chi connectivity index (χ0) is 19.0. The minimum Gasteiger partial charge on any atom is -0.287 e. The molecule has 6 nitrogen and oxygen atoms in total. The maximum Gasteiger partial charge on any atom is 0.262 e. The quantitative estimate of drug-likeness (QED) is 0.357. The van der Waals surface area contributed by atoms with Crippen molar-refractivity contribution in [1.82, 2.24) is 18.9 Å². The van der Waals surface area contributed by atoms with Crippen LogP contribution in [0.2, 0.25) is 0 Å². The van der Waals surface area contributed by atoms with Crippen molar-refractivity contribution in [1.29, 1.82) is 0 Å². The summed E-state index contributed by atoms with van der Waals surface area (Å²) in [5, 5.41) is 1.20. The van der Waals surface area contributed by atoms with Gasteiger partial charge in [0.15, 0.2) is 5.16 Å². The predicted octanol–water partition coefficient (Wildman–Crippen LogP) is 3.48. The van der Waals surface area contributed by atoms with Crippen molar-refractivity contribution >= 4 is 44.2 Å². The van der Waals surface area contributed by atoms with E-state index in [2.05, 4.69) is 25.9 Å². The van der Waals surface area contributed by atoms with Gasteiger partial charge in [-0.3, -0.25) is 18.6 Å². The number of pyridine rings is 1. The first kappa shape index (κ1) is 17.9. The highest BCUT2D eigenvalue weighted by Crippen LogP contribution is 2.22. The van der Waals surface area contributed by atoms with Gasteiger partial charge in [-0.15, -0.1) is 0 Å². The average Bonchev–Trinajstić information content (AvgIpc) is 2.67. The molecule has 4 rings (SSSR count). The Morgan fingerprint density at radius 1 is 1.11 bits per heavy atom. The Morgan fingerprint density at radius 3 is 2.78 bits per heavy atom. The van der Waals surface area contributed by atoms with Crippen LogP contribution in [0.3, 0.4) is 0 Å². The molecule has 0 saturated heterocycles. The van der Waals surface area contributed by atoms with Crippen LogP contribution >= 0.6 is 27.7 Å². The smallest absolute Gasteiger partial charge is 0.262 e. The topological polar surface area (TPSA) is 69.3 Å². The van der Waals surface area contributed by atoms with E-state index in [9.17, 15) is 9.59 Å². The summed E-state index contributed by atoms with van der Waals surface area (Å²) in [4.78, 5) is 34.2. The molecule has 27 heavy (non-hydrogen) atoms. The van der Waals surface area contributed by atoms with Crippen LogP contribution in [0.4, 0.5) is 0 Å². The maximum atomic E-state index is 12.8. The van der Waals surface area contributed by atoms with Crippen LogP contribution in [-0.4, -0.2) is 18.9 Å². The molecule has 0 aliphatic heterocycles. The third kappa shape index (κ3) is 3.42. The van der Waals surface area contributed by atoms with E-state index < -0.39 is 0 Å². The second-order valence-electron chi connectivity index (χ2n) is 5.91. The lowest BCUT2D eigenvalue weighted by Crippen LogP contribution is -2.22. The Balaban J connectivity index is 1.73. The minimum absolute atomic E-state index is 0.0714. The van der Waals surface area contributed by atoms with Crippen LogP contribution < -0.4 is 11.1 Å². The molecule has 0 unspecified atom stereocenters. The van der Waals surface area contributed by atoms with Gasteiger partial charge in [0.05, 0.1) is 16.6 Å². The lowest BCUT2D eigenvalue weighted by molar-refractivity contribution is 0.634. The van der Waals surface area contributed by atoms with E-state index in [4.69, 9.17) is 0 Å². The highest BCUT2D eigenvalue weighted by atomic mass is 79.9. The van der Waals surface area contributed by atoms with Gasteiger partial charge in [0.1, 0.15) is 5.65 Å². The molecule has 0 spiro atoms. The lowest BCUT2D eigenvalue weighted by atomic mass is 10.2. The Kier molecular flexibility index (Phi) is 4.84. The summed E-state index contributed by atoms with van der Waals surface area (Å²) in [5.74, 6) is 0.453. The van der Waals surface area contributed by atoms with Gasteiger partial charge in [-0.2, -0.15) is 0 Å². The molecule has 1 aromatic carbocycles. The summed E-state index contributed by atoms with van der Waals surface area (Å²) in [6.07, 6.45) is 1.69. The highest BCUT2D eigenvalue weighted by Gasteiger charge is 2.12. The molecule has 0 aliphatic carbocycles. The summed E-state index contributed by atoms with van der Waals surface area (Å²) in [5.41, 5.74) is 1.72. The normalized spacial score (nSPS) is 11.3. The fourth-order valence-corrected chi connectivity index (χ4v) is 4.19. The van der Waals surface area contributed by atoms with Gasteiger partial charge >= 0.3 is 0 Å². The Hall–Kier alpha value is -2.45. The molecule has 0 atom stereocenters. The van der Waals surface area contributed by atoms with E-state index in [0.29, 0.717) is 39.7 Å². The Labute approximate surface area is 167 Å². The molecule has 0 aliphatic rings. The van der Waals surface area contributed by atoms with Crippen molar-refractivity contribution in [3.63, 3.8) is 0 Å². The van der Waals surface area contributed by atoms with Gasteiger partial charge in [-0.1, -0.05) is 33.8 Å². The highest BCUT2D eigenvalue weighted by molar-refractivity contribution is 9.10. The monoisotopic (exact) mass is 442 g/mol. The van der Waals surface area contributed by atoms with Crippen molar-refractivity contribution < 1.29 is 0 Å². The van der Waals surface area contributed by atoms with Gasteiger partial charge in [0.25, 0.3) is 11.1 Å². The SMILES string of the molecule is CCn1c(SCc2cc(=O)n3ccccc3n2)nc2ccc(Br)cc2c1=O. The van der Waals surface area contributed by atoms with Crippen LogP contribution in [0.25, 0.3) is 16.6 Å². The number of benzene rings is 1. The maximum absolute atomic E-state index is 12.8. The molecule has 136 valence electrons. The number of nitrogens with zero attached hydrogens (tertiary/aromatic N) is 4. The number of thioether (sulfide) groups is 1. The fourth-order valence-electron chi connectivity index (χ4n) is 2.88. The van der Waals surface area contributed by atoms with Crippen molar-refractivity contribution in [2.45, 2.75) is 24.4 Å². The van der Waals surface area contributed by atoms with Gasteiger partial charge in [-0.05, 0) is 37.3 Å². The second kappa shape index (κ2) is 7.28. The predicted molar refractivity (Wildman–Crippen MR) is 110 cm³/mol. The molecule has 0 amide bonds. The van der Waals surface area contributed by atoms with Crippen LogP contribution in [0.5, 0.6) is 0 Å². The molecule has 4 aromatic rings.